The van der Waals surface area contributed by atoms with Gasteiger partial charge in [-0.3, -0.25) is 0 Å². The van der Waals surface area contributed by atoms with Gasteiger partial charge >= 0.3 is 0 Å². The zero-order chi connectivity index (χ0) is 8.48. The molecule has 1 aliphatic heterocycles. The highest BCUT2D eigenvalue weighted by Crippen LogP contribution is 2.19. The zero-order valence-electron chi connectivity index (χ0n) is 6.52. The lowest BCUT2D eigenvalue weighted by Crippen LogP contribution is -2.36. The Kier molecular flexibility index (Phi) is 2.51. The molecule has 0 aromatic carbocycles. The van der Waals surface area contributed by atoms with Gasteiger partial charge in [-0.2, -0.15) is 4.31 Å². The maximum absolute atomic E-state index is 11.0. The summed E-state index contributed by atoms with van der Waals surface area (Å²) in [5, 5.41) is 8.79. The Morgan fingerprint density at radius 3 is 2.64 bits per heavy atom. The van der Waals surface area contributed by atoms with Crippen molar-refractivity contribution in [3.05, 3.63) is 0 Å². The van der Waals surface area contributed by atoms with Crippen molar-refractivity contribution in [3.63, 3.8) is 0 Å². The average Bonchev–Trinajstić information content (AvgIpc) is 2.31. The summed E-state index contributed by atoms with van der Waals surface area (Å²) < 4.78 is 23.4. The van der Waals surface area contributed by atoms with Gasteiger partial charge in [-0.25, -0.2) is 8.42 Å². The SMILES string of the molecule is CS(=O)(=O)N1CCC[C@H]1CO. The maximum Gasteiger partial charge on any atom is 0.211 e. The quantitative estimate of drug-likeness (QED) is 0.616. The third-order valence-corrected chi connectivity index (χ3v) is 3.29. The number of aliphatic hydroxyl groups excluding tert-OH is 1. The van der Waals surface area contributed by atoms with E-state index >= 15 is 0 Å². The summed E-state index contributed by atoms with van der Waals surface area (Å²) in [4.78, 5) is 0. The molecule has 4 nitrogen and oxygen atoms in total. The highest BCUT2D eigenvalue weighted by atomic mass is 32.2. The van der Waals surface area contributed by atoms with Gasteiger partial charge in [-0.1, -0.05) is 0 Å². The highest BCUT2D eigenvalue weighted by Gasteiger charge is 2.30. The van der Waals surface area contributed by atoms with Crippen molar-refractivity contribution in [1.82, 2.24) is 4.31 Å². The van der Waals surface area contributed by atoms with Gasteiger partial charge in [0.05, 0.1) is 12.9 Å². The lowest BCUT2D eigenvalue weighted by atomic mass is 10.2. The van der Waals surface area contributed by atoms with Gasteiger partial charge in [-0.15, -0.1) is 0 Å². The number of hydrogen-bond acceptors (Lipinski definition) is 3. The minimum absolute atomic E-state index is 0.0624. The molecular formula is C6H13NO3S. The Morgan fingerprint density at radius 2 is 2.27 bits per heavy atom. The van der Waals surface area contributed by atoms with E-state index in [-0.39, 0.29) is 12.6 Å². The molecule has 0 amide bonds. The van der Waals surface area contributed by atoms with Crippen LogP contribution in [0.25, 0.3) is 0 Å². The van der Waals surface area contributed by atoms with Crippen LogP contribution >= 0.6 is 0 Å². The van der Waals surface area contributed by atoms with Gasteiger partial charge in [0, 0.05) is 12.6 Å². The third kappa shape index (κ3) is 1.91. The molecule has 0 radical (unpaired) electrons. The molecule has 11 heavy (non-hydrogen) atoms. The Labute approximate surface area is 66.9 Å². The topological polar surface area (TPSA) is 57.6 Å². The van der Waals surface area contributed by atoms with Gasteiger partial charge < -0.3 is 5.11 Å². The Bertz CT molecular complexity index is 224. The summed E-state index contributed by atoms with van der Waals surface area (Å²) in [6.45, 7) is 0.497. The van der Waals surface area contributed by atoms with Crippen LogP contribution < -0.4 is 0 Å². The molecule has 5 heteroatoms. The summed E-state index contributed by atoms with van der Waals surface area (Å²) in [6.07, 6.45) is 2.82. The molecule has 1 aliphatic rings. The van der Waals surface area contributed by atoms with Gasteiger partial charge in [-0.05, 0) is 12.8 Å². The average molecular weight is 179 g/mol. The molecule has 0 spiro atoms. The number of nitrogens with zero attached hydrogens (tertiary/aromatic N) is 1. The van der Waals surface area contributed by atoms with E-state index in [1.807, 2.05) is 0 Å². The van der Waals surface area contributed by atoms with Crippen LogP contribution in [0.15, 0.2) is 0 Å². The van der Waals surface area contributed by atoms with Crippen LogP contribution in [0.3, 0.4) is 0 Å². The monoisotopic (exact) mass is 179 g/mol. The minimum Gasteiger partial charge on any atom is -0.395 e. The van der Waals surface area contributed by atoms with E-state index in [1.54, 1.807) is 0 Å². The normalized spacial score (nSPS) is 27.6. The van der Waals surface area contributed by atoms with E-state index in [9.17, 15) is 8.42 Å². The fourth-order valence-electron chi connectivity index (χ4n) is 1.43. The molecule has 1 rings (SSSR count). The number of rotatable bonds is 2. The summed E-state index contributed by atoms with van der Waals surface area (Å²) in [7, 11) is -3.09. The first-order valence-electron chi connectivity index (χ1n) is 3.63. The van der Waals surface area contributed by atoms with Crippen LogP contribution in [-0.2, 0) is 10.0 Å². The standard InChI is InChI=1S/C6H13NO3S/c1-11(9,10)7-4-2-3-6(7)5-8/h6,8H,2-5H2,1H3/t6-/m0/s1. The van der Waals surface area contributed by atoms with Crippen LogP contribution in [0, 0.1) is 0 Å². The van der Waals surface area contributed by atoms with Crippen molar-refractivity contribution in [2.24, 2.45) is 0 Å². The summed E-state index contributed by atoms with van der Waals surface area (Å²) in [5.41, 5.74) is 0. The number of sulfonamides is 1. The van der Waals surface area contributed by atoms with Gasteiger partial charge in [0.2, 0.25) is 10.0 Å². The molecule has 0 bridgehead atoms. The molecule has 0 saturated carbocycles. The molecule has 1 N–H and O–H groups in total. The van der Waals surface area contributed by atoms with Crippen molar-refractivity contribution in [3.8, 4) is 0 Å². The van der Waals surface area contributed by atoms with Gasteiger partial charge in [0.1, 0.15) is 0 Å². The first-order chi connectivity index (χ1) is 5.05. The maximum atomic E-state index is 11.0. The fraction of sp³-hybridized carbons (Fsp3) is 1.00. The van der Waals surface area contributed by atoms with Crippen molar-refractivity contribution >= 4 is 10.0 Å². The molecule has 0 aliphatic carbocycles. The van der Waals surface area contributed by atoms with Crippen molar-refractivity contribution < 1.29 is 13.5 Å². The number of hydrogen-bond donors (Lipinski definition) is 1. The molecule has 0 unspecified atom stereocenters. The first-order valence-corrected chi connectivity index (χ1v) is 5.48. The molecule has 1 heterocycles. The highest BCUT2D eigenvalue weighted by molar-refractivity contribution is 7.88. The van der Waals surface area contributed by atoms with Crippen molar-refractivity contribution in [2.75, 3.05) is 19.4 Å². The molecule has 1 fully saturated rings. The van der Waals surface area contributed by atoms with Gasteiger partial charge in [0.15, 0.2) is 0 Å². The van der Waals surface area contributed by atoms with E-state index in [0.29, 0.717) is 6.54 Å². The van der Waals surface area contributed by atoms with Crippen LogP contribution in [0.4, 0.5) is 0 Å². The summed E-state index contributed by atoms with van der Waals surface area (Å²) in [5.74, 6) is 0. The Hall–Kier alpha value is -0.130. The first kappa shape index (κ1) is 8.96. The van der Waals surface area contributed by atoms with E-state index in [2.05, 4.69) is 0 Å². The molecule has 66 valence electrons. The second-order valence-corrected chi connectivity index (χ2v) is 4.79. The van der Waals surface area contributed by atoms with Crippen molar-refractivity contribution in [1.29, 1.82) is 0 Å². The largest absolute Gasteiger partial charge is 0.395 e. The van der Waals surface area contributed by atoms with Crippen LogP contribution in [0.1, 0.15) is 12.8 Å². The fourth-order valence-corrected chi connectivity index (χ4v) is 2.60. The van der Waals surface area contributed by atoms with Gasteiger partial charge in [0.25, 0.3) is 0 Å². The zero-order valence-corrected chi connectivity index (χ0v) is 7.34. The lowest BCUT2D eigenvalue weighted by molar-refractivity contribution is 0.214. The third-order valence-electron chi connectivity index (χ3n) is 1.96. The van der Waals surface area contributed by atoms with Crippen molar-refractivity contribution in [2.45, 2.75) is 18.9 Å². The van der Waals surface area contributed by atoms with Crippen LogP contribution in [-0.4, -0.2) is 43.3 Å². The summed E-state index contributed by atoms with van der Waals surface area (Å²) >= 11 is 0. The lowest BCUT2D eigenvalue weighted by Gasteiger charge is -2.19. The molecule has 0 aromatic heterocycles. The van der Waals surface area contributed by atoms with Crippen LogP contribution in [0.2, 0.25) is 0 Å². The minimum atomic E-state index is -3.09. The summed E-state index contributed by atoms with van der Waals surface area (Å²) in [6, 6.07) is -0.176. The molecule has 0 aromatic rings. The van der Waals surface area contributed by atoms with E-state index in [4.69, 9.17) is 5.11 Å². The van der Waals surface area contributed by atoms with E-state index in [1.165, 1.54) is 10.6 Å². The molecule has 1 saturated heterocycles. The smallest absolute Gasteiger partial charge is 0.211 e. The molecule has 1 atom stereocenters. The van der Waals surface area contributed by atoms with E-state index in [0.717, 1.165) is 12.8 Å². The van der Waals surface area contributed by atoms with Crippen LogP contribution in [0.5, 0.6) is 0 Å². The second-order valence-electron chi connectivity index (χ2n) is 2.85. The molecular weight excluding hydrogens is 166 g/mol. The predicted molar refractivity (Wildman–Crippen MR) is 41.7 cm³/mol. The Balaban J connectivity index is 2.72. The van der Waals surface area contributed by atoms with E-state index < -0.39 is 10.0 Å². The predicted octanol–water partition coefficient (Wildman–Crippen LogP) is -0.597. The second kappa shape index (κ2) is 3.08. The number of aliphatic hydroxyl groups is 1. The Morgan fingerprint density at radius 1 is 1.64 bits per heavy atom.